The molecule has 0 aromatic heterocycles. The van der Waals surface area contributed by atoms with Crippen LogP contribution in [0.3, 0.4) is 0 Å². The van der Waals surface area contributed by atoms with E-state index in [1.807, 2.05) is 4.90 Å². The molecule has 6 heteroatoms. The summed E-state index contributed by atoms with van der Waals surface area (Å²) >= 11 is 0. The van der Waals surface area contributed by atoms with E-state index in [2.05, 4.69) is 40.7 Å². The molecule has 1 aromatic carbocycles. The van der Waals surface area contributed by atoms with Crippen molar-refractivity contribution in [3.05, 3.63) is 34.9 Å². The fraction of sp³-hybridized carbons (Fsp3) is 0.619. The average molecular weight is 370 g/mol. The number of nitrogens with one attached hydrogen (secondary N) is 2. The van der Waals surface area contributed by atoms with Crippen LogP contribution in [0.5, 0.6) is 0 Å². The van der Waals surface area contributed by atoms with Gasteiger partial charge in [-0.05, 0) is 42.6 Å². The zero-order valence-electron chi connectivity index (χ0n) is 16.2. The number of fused-ring (bicyclic) bond motifs is 1. The molecule has 1 aromatic rings. The number of likely N-dealkylation sites (tertiary alicyclic amines) is 2. The molecule has 0 spiro atoms. The highest BCUT2D eigenvalue weighted by Crippen LogP contribution is 2.23. The number of carbonyl (C=O) groups excluding carboxylic acids is 2. The van der Waals surface area contributed by atoms with Crippen LogP contribution in [0.1, 0.15) is 42.9 Å². The van der Waals surface area contributed by atoms with Crippen molar-refractivity contribution in [2.75, 3.05) is 26.2 Å². The van der Waals surface area contributed by atoms with Crippen LogP contribution in [0.2, 0.25) is 0 Å². The van der Waals surface area contributed by atoms with E-state index in [1.165, 1.54) is 17.5 Å². The predicted molar refractivity (Wildman–Crippen MR) is 104 cm³/mol. The first-order valence-corrected chi connectivity index (χ1v) is 10.2. The monoisotopic (exact) mass is 370 g/mol. The van der Waals surface area contributed by atoms with Gasteiger partial charge in [0.2, 0.25) is 11.8 Å². The number of amides is 2. The molecular weight excluding hydrogens is 340 g/mol. The minimum atomic E-state index is -0.218. The molecule has 27 heavy (non-hydrogen) atoms. The molecule has 0 saturated carbocycles. The Bertz CT molecular complexity index is 720. The molecule has 6 nitrogen and oxygen atoms in total. The van der Waals surface area contributed by atoms with Gasteiger partial charge in [0.05, 0.1) is 5.92 Å². The lowest BCUT2D eigenvalue weighted by molar-refractivity contribution is -0.129. The van der Waals surface area contributed by atoms with Crippen molar-refractivity contribution >= 4 is 11.8 Å². The van der Waals surface area contributed by atoms with Crippen molar-refractivity contribution in [2.45, 2.75) is 51.9 Å². The average Bonchev–Trinajstić information content (AvgIpc) is 3.40. The van der Waals surface area contributed by atoms with E-state index in [0.29, 0.717) is 25.6 Å². The Labute approximate surface area is 161 Å². The summed E-state index contributed by atoms with van der Waals surface area (Å²) in [6.45, 7) is 8.04. The third-order valence-electron chi connectivity index (χ3n) is 6.29. The second-order valence-corrected chi connectivity index (χ2v) is 8.05. The predicted octanol–water partition coefficient (Wildman–Crippen LogP) is 1.24. The summed E-state index contributed by atoms with van der Waals surface area (Å²) in [5.41, 5.74) is 3.78. The van der Waals surface area contributed by atoms with Gasteiger partial charge in [0.1, 0.15) is 0 Å². The number of rotatable bonds is 6. The molecule has 3 heterocycles. The van der Waals surface area contributed by atoms with Crippen molar-refractivity contribution in [3.8, 4) is 0 Å². The van der Waals surface area contributed by atoms with Crippen LogP contribution >= 0.6 is 0 Å². The van der Waals surface area contributed by atoms with Crippen molar-refractivity contribution in [1.29, 1.82) is 0 Å². The summed E-state index contributed by atoms with van der Waals surface area (Å²) in [6.07, 6.45) is 2.71. The molecule has 4 rings (SSSR count). The molecule has 146 valence electrons. The SMILES string of the molecule is CCN1CCCC1CN1CC(C(=O)NCc2ccc3c(c2)CNC3)CC1=O. The van der Waals surface area contributed by atoms with Crippen LogP contribution in [0.15, 0.2) is 18.2 Å². The molecule has 2 unspecified atom stereocenters. The van der Waals surface area contributed by atoms with Gasteiger partial charge in [0, 0.05) is 45.2 Å². The number of hydrogen-bond donors (Lipinski definition) is 2. The van der Waals surface area contributed by atoms with E-state index >= 15 is 0 Å². The van der Waals surface area contributed by atoms with Gasteiger partial charge < -0.3 is 15.5 Å². The molecule has 0 bridgehead atoms. The summed E-state index contributed by atoms with van der Waals surface area (Å²) in [4.78, 5) is 29.3. The van der Waals surface area contributed by atoms with Gasteiger partial charge in [-0.2, -0.15) is 0 Å². The Kier molecular flexibility index (Phi) is 5.45. The lowest BCUT2D eigenvalue weighted by Gasteiger charge is -2.27. The summed E-state index contributed by atoms with van der Waals surface area (Å²) in [6, 6.07) is 6.85. The first-order valence-electron chi connectivity index (χ1n) is 10.2. The van der Waals surface area contributed by atoms with Crippen LogP contribution in [0, 0.1) is 5.92 Å². The first-order chi connectivity index (χ1) is 13.1. The van der Waals surface area contributed by atoms with Gasteiger partial charge in [0.15, 0.2) is 0 Å². The van der Waals surface area contributed by atoms with Gasteiger partial charge in [-0.15, -0.1) is 0 Å². The van der Waals surface area contributed by atoms with E-state index in [1.54, 1.807) is 0 Å². The van der Waals surface area contributed by atoms with Crippen LogP contribution in [-0.2, 0) is 29.2 Å². The second-order valence-electron chi connectivity index (χ2n) is 8.05. The highest BCUT2D eigenvalue weighted by atomic mass is 16.2. The van der Waals surface area contributed by atoms with Crippen LogP contribution in [-0.4, -0.2) is 53.8 Å². The highest BCUT2D eigenvalue weighted by Gasteiger charge is 2.36. The van der Waals surface area contributed by atoms with Gasteiger partial charge in [-0.25, -0.2) is 0 Å². The zero-order chi connectivity index (χ0) is 18.8. The number of carbonyl (C=O) groups is 2. The molecule has 2 N–H and O–H groups in total. The standard InChI is InChI=1S/C21H30N4O2/c1-2-24-7-3-4-19(24)14-25-13-18(9-20(25)26)21(27)23-10-15-5-6-16-11-22-12-17(16)8-15/h5-6,8,18-19,22H,2-4,7,9-14H2,1H3,(H,23,27). The second kappa shape index (κ2) is 7.98. The molecule has 3 aliphatic rings. The Balaban J connectivity index is 1.29. The van der Waals surface area contributed by atoms with E-state index in [4.69, 9.17) is 0 Å². The molecule has 2 atom stereocenters. The summed E-state index contributed by atoms with van der Waals surface area (Å²) in [5, 5.41) is 6.38. The first kappa shape index (κ1) is 18.4. The molecule has 0 radical (unpaired) electrons. The van der Waals surface area contributed by atoms with E-state index in [9.17, 15) is 9.59 Å². The van der Waals surface area contributed by atoms with E-state index in [0.717, 1.165) is 44.7 Å². The molecular formula is C21H30N4O2. The van der Waals surface area contributed by atoms with Crippen molar-refractivity contribution < 1.29 is 9.59 Å². The van der Waals surface area contributed by atoms with Crippen LogP contribution < -0.4 is 10.6 Å². The Morgan fingerprint density at radius 3 is 3.00 bits per heavy atom. The third kappa shape index (κ3) is 4.01. The summed E-state index contributed by atoms with van der Waals surface area (Å²) < 4.78 is 0. The molecule has 0 aliphatic carbocycles. The van der Waals surface area contributed by atoms with Gasteiger partial charge in [-0.3, -0.25) is 14.5 Å². The Hall–Kier alpha value is -1.92. The van der Waals surface area contributed by atoms with Crippen LogP contribution in [0.25, 0.3) is 0 Å². The van der Waals surface area contributed by atoms with E-state index < -0.39 is 0 Å². The van der Waals surface area contributed by atoms with Gasteiger partial charge in [-0.1, -0.05) is 25.1 Å². The molecule has 2 fully saturated rings. The van der Waals surface area contributed by atoms with Crippen molar-refractivity contribution in [1.82, 2.24) is 20.4 Å². The Morgan fingerprint density at radius 2 is 2.15 bits per heavy atom. The normalized spacial score (nSPS) is 25.2. The molecule has 2 saturated heterocycles. The maximum Gasteiger partial charge on any atom is 0.225 e. The fourth-order valence-electron chi connectivity index (χ4n) is 4.69. The van der Waals surface area contributed by atoms with Crippen molar-refractivity contribution in [2.24, 2.45) is 5.92 Å². The lowest BCUT2D eigenvalue weighted by Crippen LogP contribution is -2.41. The number of hydrogen-bond acceptors (Lipinski definition) is 4. The Morgan fingerprint density at radius 1 is 1.30 bits per heavy atom. The smallest absolute Gasteiger partial charge is 0.225 e. The molecule has 3 aliphatic heterocycles. The van der Waals surface area contributed by atoms with Crippen molar-refractivity contribution in [3.63, 3.8) is 0 Å². The van der Waals surface area contributed by atoms with Crippen LogP contribution in [0.4, 0.5) is 0 Å². The number of likely N-dealkylation sites (N-methyl/N-ethyl adjacent to an activating group) is 1. The quantitative estimate of drug-likeness (QED) is 0.791. The van der Waals surface area contributed by atoms with Gasteiger partial charge in [0.25, 0.3) is 0 Å². The lowest BCUT2D eigenvalue weighted by atomic mass is 10.1. The largest absolute Gasteiger partial charge is 0.352 e. The molecule has 2 amide bonds. The summed E-state index contributed by atoms with van der Waals surface area (Å²) in [7, 11) is 0. The topological polar surface area (TPSA) is 64.7 Å². The number of nitrogens with zero attached hydrogens (tertiary/aromatic N) is 2. The van der Waals surface area contributed by atoms with Gasteiger partial charge >= 0.3 is 0 Å². The summed E-state index contributed by atoms with van der Waals surface area (Å²) in [5.74, 6) is -0.0879. The number of benzene rings is 1. The fourth-order valence-corrected chi connectivity index (χ4v) is 4.69. The highest BCUT2D eigenvalue weighted by molar-refractivity contribution is 5.89. The minimum absolute atomic E-state index is 0.00300. The van der Waals surface area contributed by atoms with E-state index in [-0.39, 0.29) is 17.7 Å². The third-order valence-corrected chi connectivity index (χ3v) is 6.29. The zero-order valence-corrected chi connectivity index (χ0v) is 16.2. The minimum Gasteiger partial charge on any atom is -0.352 e. The maximum absolute atomic E-state index is 12.6. The maximum atomic E-state index is 12.6.